The molecule has 176 valence electrons. The summed E-state index contributed by atoms with van der Waals surface area (Å²) in [6.07, 6.45) is -6.08. The Morgan fingerprint density at radius 1 is 1.03 bits per heavy atom. The van der Waals surface area contributed by atoms with Crippen molar-refractivity contribution in [1.29, 1.82) is 0 Å². The fourth-order valence-corrected chi connectivity index (χ4v) is 3.72. The smallest absolute Gasteiger partial charge is 0.382 e. The van der Waals surface area contributed by atoms with Crippen molar-refractivity contribution >= 4 is 23.2 Å². The van der Waals surface area contributed by atoms with Crippen LogP contribution in [0.5, 0.6) is 0 Å². The molecule has 2 aromatic carbocycles. The van der Waals surface area contributed by atoms with E-state index in [2.05, 4.69) is 10.1 Å². The van der Waals surface area contributed by atoms with Crippen LogP contribution >= 0.6 is 23.2 Å². The lowest BCUT2D eigenvalue weighted by Gasteiger charge is -2.15. The number of aliphatic hydroxyl groups excluding tert-OH is 1. The molecule has 0 aliphatic rings. The Bertz CT molecular complexity index is 1370. The highest BCUT2D eigenvalue weighted by Gasteiger charge is 2.39. The van der Waals surface area contributed by atoms with Crippen molar-refractivity contribution in [3.05, 3.63) is 93.0 Å². The molecule has 0 saturated carbocycles. The minimum Gasteiger partial charge on any atom is -0.382 e. The Morgan fingerprint density at radius 2 is 1.74 bits per heavy atom. The molecule has 4 aromatic rings. The second-order valence-electron chi connectivity index (χ2n) is 7.47. The minimum atomic E-state index is -4.90. The van der Waals surface area contributed by atoms with E-state index >= 15 is 0 Å². The van der Waals surface area contributed by atoms with E-state index in [-0.39, 0.29) is 12.4 Å². The summed E-state index contributed by atoms with van der Waals surface area (Å²) in [5.74, 6) is -0.0228. The third-order valence-electron chi connectivity index (χ3n) is 5.07. The van der Waals surface area contributed by atoms with Gasteiger partial charge in [-0.25, -0.2) is 9.48 Å². The number of aliphatic hydroxyl groups is 1. The monoisotopic (exact) mass is 508 g/mol. The summed E-state index contributed by atoms with van der Waals surface area (Å²) < 4.78 is 40.9. The Morgan fingerprint density at radius 3 is 2.41 bits per heavy atom. The van der Waals surface area contributed by atoms with Crippen LogP contribution in [0.1, 0.15) is 5.56 Å². The van der Waals surface area contributed by atoms with Crippen LogP contribution in [-0.4, -0.2) is 36.7 Å². The Kier molecular flexibility index (Phi) is 6.79. The van der Waals surface area contributed by atoms with Crippen molar-refractivity contribution < 1.29 is 18.3 Å². The van der Waals surface area contributed by atoms with Gasteiger partial charge in [-0.3, -0.25) is 9.55 Å². The molecule has 0 bridgehead atoms. The molecule has 4 rings (SSSR count). The highest BCUT2D eigenvalue weighted by atomic mass is 35.5. The third kappa shape index (κ3) is 5.16. The summed E-state index contributed by atoms with van der Waals surface area (Å²) in [4.78, 5) is 17.3. The van der Waals surface area contributed by atoms with E-state index in [1.807, 2.05) is 6.07 Å². The van der Waals surface area contributed by atoms with Gasteiger partial charge in [0.15, 0.2) is 11.9 Å². The fraction of sp³-hybridized carbons (Fsp3) is 0.174. The van der Waals surface area contributed by atoms with Crippen molar-refractivity contribution in [2.75, 3.05) is 0 Å². The van der Waals surface area contributed by atoms with Crippen molar-refractivity contribution in [2.45, 2.75) is 25.4 Å². The van der Waals surface area contributed by atoms with Gasteiger partial charge in [0.05, 0.1) is 18.8 Å². The van der Waals surface area contributed by atoms with Crippen LogP contribution in [0.25, 0.3) is 22.6 Å². The first kappa shape index (κ1) is 24.0. The van der Waals surface area contributed by atoms with Gasteiger partial charge in [0.2, 0.25) is 0 Å². The van der Waals surface area contributed by atoms with Gasteiger partial charge in [-0.15, -0.1) is 5.10 Å². The number of alkyl halides is 3. The molecule has 11 heteroatoms. The van der Waals surface area contributed by atoms with Gasteiger partial charge in [-0.1, -0.05) is 41.4 Å². The lowest BCUT2D eigenvalue weighted by Crippen LogP contribution is -2.37. The highest BCUT2D eigenvalue weighted by molar-refractivity contribution is 6.33. The van der Waals surface area contributed by atoms with Gasteiger partial charge < -0.3 is 5.11 Å². The SMILES string of the molecule is O=c1n(Cc2ccnc(-c3ccccc3Cl)c2)nc(-c2ccc(Cl)cc2)n1CC(O)C(F)(F)F. The zero-order valence-corrected chi connectivity index (χ0v) is 18.9. The number of pyridine rings is 1. The van der Waals surface area contributed by atoms with Gasteiger partial charge in [0, 0.05) is 27.4 Å². The molecule has 0 radical (unpaired) electrons. The molecule has 2 heterocycles. The summed E-state index contributed by atoms with van der Waals surface area (Å²) in [5, 5.41) is 14.8. The first-order valence-corrected chi connectivity index (χ1v) is 10.8. The molecule has 2 aromatic heterocycles. The molecule has 34 heavy (non-hydrogen) atoms. The highest BCUT2D eigenvalue weighted by Crippen LogP contribution is 2.27. The van der Waals surface area contributed by atoms with Gasteiger partial charge in [0.25, 0.3) is 0 Å². The molecule has 1 unspecified atom stereocenters. The van der Waals surface area contributed by atoms with Crippen LogP contribution in [0.3, 0.4) is 0 Å². The number of hydrogen-bond donors (Lipinski definition) is 1. The molecule has 1 N–H and O–H groups in total. The summed E-state index contributed by atoms with van der Waals surface area (Å²) in [5.41, 5.74) is 1.47. The molecular formula is C23H17Cl2F3N4O2. The Labute approximate surface area is 201 Å². The predicted octanol–water partition coefficient (Wildman–Crippen LogP) is 5.05. The lowest BCUT2D eigenvalue weighted by molar-refractivity contribution is -0.207. The standard InChI is InChI=1S/C23H17Cl2F3N4O2/c24-16-7-5-15(6-8-16)21-30-32(22(34)31(21)13-20(33)23(26,27)28)12-14-9-10-29-19(11-14)17-3-1-2-4-18(17)25/h1-11,20,33H,12-13H2. The topological polar surface area (TPSA) is 72.9 Å². The summed E-state index contributed by atoms with van der Waals surface area (Å²) in [6.45, 7) is -1.03. The molecule has 0 spiro atoms. The molecule has 0 saturated heterocycles. The van der Waals surface area contributed by atoms with Crippen molar-refractivity contribution in [3.8, 4) is 22.6 Å². The predicted molar refractivity (Wildman–Crippen MR) is 123 cm³/mol. The first-order chi connectivity index (χ1) is 16.1. The lowest BCUT2D eigenvalue weighted by atomic mass is 10.1. The molecule has 0 amide bonds. The zero-order valence-electron chi connectivity index (χ0n) is 17.4. The second-order valence-corrected chi connectivity index (χ2v) is 8.31. The molecule has 0 fully saturated rings. The molecule has 1 atom stereocenters. The van der Waals surface area contributed by atoms with Gasteiger partial charge in [0.1, 0.15) is 0 Å². The maximum atomic E-state index is 13.0. The minimum absolute atomic E-state index is 0.0228. The number of halogens is 5. The van der Waals surface area contributed by atoms with Crippen molar-refractivity contribution in [2.24, 2.45) is 0 Å². The largest absolute Gasteiger partial charge is 0.416 e. The van der Waals surface area contributed by atoms with Crippen LogP contribution in [-0.2, 0) is 13.1 Å². The molecular weight excluding hydrogens is 492 g/mol. The summed E-state index contributed by atoms with van der Waals surface area (Å²) in [7, 11) is 0. The molecule has 6 nitrogen and oxygen atoms in total. The number of rotatable bonds is 6. The first-order valence-electron chi connectivity index (χ1n) is 10.0. The van der Waals surface area contributed by atoms with E-state index in [0.29, 0.717) is 32.4 Å². The van der Waals surface area contributed by atoms with Crippen LogP contribution < -0.4 is 5.69 Å². The van der Waals surface area contributed by atoms with E-state index in [4.69, 9.17) is 23.2 Å². The van der Waals surface area contributed by atoms with Gasteiger partial charge in [-0.2, -0.15) is 13.2 Å². The van der Waals surface area contributed by atoms with Crippen LogP contribution in [0.4, 0.5) is 13.2 Å². The molecule has 0 aliphatic carbocycles. The van der Waals surface area contributed by atoms with Gasteiger partial charge >= 0.3 is 11.9 Å². The fourth-order valence-electron chi connectivity index (χ4n) is 3.36. The van der Waals surface area contributed by atoms with E-state index in [1.54, 1.807) is 36.5 Å². The van der Waals surface area contributed by atoms with Crippen LogP contribution in [0.15, 0.2) is 71.7 Å². The quantitative estimate of drug-likeness (QED) is 0.395. The van der Waals surface area contributed by atoms with Crippen molar-refractivity contribution in [1.82, 2.24) is 19.3 Å². The maximum absolute atomic E-state index is 13.0. The maximum Gasteiger partial charge on any atom is 0.416 e. The van der Waals surface area contributed by atoms with Gasteiger partial charge in [-0.05, 0) is 48.0 Å². The summed E-state index contributed by atoms with van der Waals surface area (Å²) in [6, 6.07) is 16.6. The number of aromatic nitrogens is 4. The summed E-state index contributed by atoms with van der Waals surface area (Å²) >= 11 is 12.2. The zero-order chi connectivity index (χ0) is 24.5. The van der Waals surface area contributed by atoms with E-state index in [9.17, 15) is 23.1 Å². The average Bonchev–Trinajstić information content (AvgIpc) is 3.09. The second kappa shape index (κ2) is 9.61. The van der Waals surface area contributed by atoms with E-state index in [1.165, 1.54) is 24.3 Å². The molecule has 0 aliphatic heterocycles. The normalized spacial score (nSPS) is 12.6. The number of hydrogen-bond acceptors (Lipinski definition) is 4. The van der Waals surface area contributed by atoms with Crippen LogP contribution in [0, 0.1) is 0 Å². The van der Waals surface area contributed by atoms with E-state index in [0.717, 1.165) is 9.25 Å². The van der Waals surface area contributed by atoms with Crippen LogP contribution in [0.2, 0.25) is 10.0 Å². The van der Waals surface area contributed by atoms with Crippen molar-refractivity contribution in [3.63, 3.8) is 0 Å². The average molecular weight is 509 g/mol. The van der Waals surface area contributed by atoms with E-state index < -0.39 is 24.5 Å². The third-order valence-corrected chi connectivity index (χ3v) is 5.65. The number of benzene rings is 2. The Balaban J connectivity index is 1.74. The Hall–Kier alpha value is -3.14. The number of nitrogens with zero attached hydrogens (tertiary/aromatic N) is 4.